The molecule has 2 aromatic carbocycles. The molecule has 2 N–H and O–H groups in total. The molecule has 1 fully saturated rings. The molecule has 11 heteroatoms. The van der Waals surface area contributed by atoms with Gasteiger partial charge in [-0.1, -0.05) is 36.7 Å². The smallest absolute Gasteiger partial charge is 0.263 e. The van der Waals surface area contributed by atoms with Crippen LogP contribution in [0.15, 0.2) is 54.7 Å². The van der Waals surface area contributed by atoms with Crippen molar-refractivity contribution in [3.05, 3.63) is 87.4 Å². The van der Waals surface area contributed by atoms with Crippen LogP contribution >= 0.6 is 23.2 Å². The molecule has 250 valence electrons. The minimum absolute atomic E-state index is 0.0165. The number of carbonyl (C=O) groups is 1. The second-order valence-corrected chi connectivity index (χ2v) is 16.4. The van der Waals surface area contributed by atoms with E-state index in [0.29, 0.717) is 48.4 Å². The highest BCUT2D eigenvalue weighted by molar-refractivity contribution is 7.84. The van der Waals surface area contributed by atoms with Gasteiger partial charge in [0.15, 0.2) is 0 Å². The van der Waals surface area contributed by atoms with Gasteiger partial charge in [0.1, 0.15) is 22.3 Å². The number of carbonyl (C=O) groups excluding carboxylic acids is 1. The Morgan fingerprint density at radius 3 is 2.72 bits per heavy atom. The first-order valence-electron chi connectivity index (χ1n) is 16.6. The van der Waals surface area contributed by atoms with Gasteiger partial charge >= 0.3 is 0 Å². The summed E-state index contributed by atoms with van der Waals surface area (Å²) in [6.45, 7) is 5.75. The Hall–Kier alpha value is -2.85. The predicted octanol–water partition coefficient (Wildman–Crippen LogP) is 6.49. The molecule has 47 heavy (non-hydrogen) atoms. The van der Waals surface area contributed by atoms with Crippen LogP contribution in [0.3, 0.4) is 0 Å². The minimum Gasteiger partial charge on any atom is -0.490 e. The highest BCUT2D eigenvalue weighted by Crippen LogP contribution is 2.51. The van der Waals surface area contributed by atoms with E-state index in [-0.39, 0.29) is 34.3 Å². The molecule has 2 bridgehead atoms. The number of aliphatic hydroxyl groups is 1. The van der Waals surface area contributed by atoms with Crippen molar-refractivity contribution in [3.63, 3.8) is 0 Å². The Bertz CT molecular complexity index is 1760. The molecule has 1 spiro atoms. The van der Waals surface area contributed by atoms with E-state index in [2.05, 4.69) is 26.7 Å². The van der Waals surface area contributed by atoms with Gasteiger partial charge in [0.25, 0.3) is 5.91 Å². The molecule has 2 aliphatic heterocycles. The molecular weight excluding hydrogens is 655 g/mol. The molecule has 0 saturated heterocycles. The zero-order valence-electron chi connectivity index (χ0n) is 27.0. The minimum atomic E-state index is -1.61. The summed E-state index contributed by atoms with van der Waals surface area (Å²) in [6, 6.07) is 11.7. The fourth-order valence-electron chi connectivity index (χ4n) is 8.17. The van der Waals surface area contributed by atoms with Crippen LogP contribution in [0.25, 0.3) is 0 Å². The Morgan fingerprint density at radius 1 is 1.15 bits per heavy atom. The summed E-state index contributed by atoms with van der Waals surface area (Å²) in [5, 5.41) is 13.4. The van der Waals surface area contributed by atoms with Crippen molar-refractivity contribution in [2.45, 2.75) is 68.6 Å². The third kappa shape index (κ3) is 5.81. The second kappa shape index (κ2) is 12.6. The average molecular weight is 698 g/mol. The first-order valence-corrected chi connectivity index (χ1v) is 18.6. The number of allylic oxidation sites excluding steroid dienone is 1. The van der Waals surface area contributed by atoms with Gasteiger partial charge in [-0.2, -0.15) is 0 Å². The van der Waals surface area contributed by atoms with E-state index >= 15 is 0 Å². The largest absolute Gasteiger partial charge is 0.490 e. The van der Waals surface area contributed by atoms with E-state index in [9.17, 15) is 14.1 Å². The SMILES string of the molecule is CC1C/C=C/[C@](O)(c2cnc(Cl)n2C)C2CCC2CN2C[C@@]3(CCCc4cc(Cl)ccc43)COc3ccc(cc32)C(=O)NS(=O)C1C. The monoisotopic (exact) mass is 696 g/mol. The quantitative estimate of drug-likeness (QED) is 0.283. The predicted molar refractivity (Wildman–Crippen MR) is 187 cm³/mol. The Labute approximate surface area is 289 Å². The summed E-state index contributed by atoms with van der Waals surface area (Å²) in [4.78, 5) is 20.2. The normalized spacial score (nSPS) is 33.1. The maximum Gasteiger partial charge on any atom is 0.263 e. The molecule has 5 unspecified atom stereocenters. The van der Waals surface area contributed by atoms with Crippen LogP contribution in [0.1, 0.15) is 73.1 Å². The molecule has 4 aliphatic rings. The zero-order chi connectivity index (χ0) is 33.1. The fourth-order valence-corrected chi connectivity index (χ4v) is 9.53. The molecule has 7 rings (SSSR count). The van der Waals surface area contributed by atoms with Gasteiger partial charge < -0.3 is 19.3 Å². The number of anilines is 1. The second-order valence-electron chi connectivity index (χ2n) is 14.1. The van der Waals surface area contributed by atoms with E-state index in [1.807, 2.05) is 51.2 Å². The number of imidazole rings is 1. The number of rotatable bonds is 1. The standard InChI is InChI=1S/C36H42Cl2N4O4S/c1-22-6-4-15-36(44,32-18-39-34(38)41(32)3)29-11-8-26(29)19-42-20-35(14-5-7-24-16-27(37)10-12-28(24)35)21-46-31-13-9-25(17-30(31)42)33(43)40-47(45)23(22)2/h4,9-10,12-13,15-18,22-23,26,29,44H,5-8,11,14,19-21H2,1-3H3,(H,40,43)/b15-4+/t22?,23?,26?,29?,35-,36+,47?/m0/s1. The average Bonchev–Trinajstić information content (AvgIpc) is 3.29. The maximum absolute atomic E-state index is 13.5. The van der Waals surface area contributed by atoms with Crippen molar-refractivity contribution in [2.24, 2.45) is 24.8 Å². The third-order valence-electron chi connectivity index (χ3n) is 11.3. The Balaban J connectivity index is 1.34. The van der Waals surface area contributed by atoms with Gasteiger partial charge in [-0.05, 0) is 110 Å². The van der Waals surface area contributed by atoms with Crippen molar-refractivity contribution < 1.29 is 18.8 Å². The molecule has 0 radical (unpaired) electrons. The van der Waals surface area contributed by atoms with Gasteiger partial charge in [0, 0.05) is 42.1 Å². The molecule has 1 aromatic heterocycles. The number of benzene rings is 2. The van der Waals surface area contributed by atoms with Crippen molar-refractivity contribution in [2.75, 3.05) is 24.6 Å². The summed E-state index contributed by atoms with van der Waals surface area (Å²) in [7, 11) is 0.225. The van der Waals surface area contributed by atoms with Crippen LogP contribution in [0, 0.1) is 17.8 Å². The summed E-state index contributed by atoms with van der Waals surface area (Å²) >= 11 is 12.9. The number of hydrogen-bond donors (Lipinski definition) is 2. The number of nitrogens with zero attached hydrogens (tertiary/aromatic N) is 3. The van der Waals surface area contributed by atoms with Gasteiger partial charge in [-0.3, -0.25) is 9.52 Å². The van der Waals surface area contributed by atoms with Gasteiger partial charge in [-0.25, -0.2) is 9.19 Å². The number of aryl methyl sites for hydroxylation is 1. The van der Waals surface area contributed by atoms with Crippen LogP contribution in [0.4, 0.5) is 5.69 Å². The maximum atomic E-state index is 13.5. The van der Waals surface area contributed by atoms with E-state index in [4.69, 9.17) is 27.9 Å². The summed E-state index contributed by atoms with van der Waals surface area (Å²) in [5.74, 6) is 0.384. The van der Waals surface area contributed by atoms with Crippen LogP contribution < -0.4 is 14.4 Å². The summed E-state index contributed by atoms with van der Waals surface area (Å²) in [5.41, 5.74) is 2.87. The first-order chi connectivity index (χ1) is 22.5. The van der Waals surface area contributed by atoms with Crippen LogP contribution in [0.2, 0.25) is 10.3 Å². The molecule has 3 heterocycles. The van der Waals surface area contributed by atoms with Crippen LogP contribution in [-0.4, -0.2) is 49.7 Å². The van der Waals surface area contributed by atoms with Gasteiger partial charge in [0.05, 0.1) is 29.4 Å². The van der Waals surface area contributed by atoms with Crippen molar-refractivity contribution in [1.29, 1.82) is 0 Å². The topological polar surface area (TPSA) is 96.7 Å². The summed E-state index contributed by atoms with van der Waals surface area (Å²) < 4.78 is 24.5. The number of nitrogens with one attached hydrogen (secondary N) is 1. The highest BCUT2D eigenvalue weighted by atomic mass is 35.5. The van der Waals surface area contributed by atoms with E-state index < -0.39 is 16.6 Å². The number of hydrogen-bond acceptors (Lipinski definition) is 6. The number of halogens is 2. The summed E-state index contributed by atoms with van der Waals surface area (Å²) in [6.07, 6.45) is 10.9. The Kier molecular flexibility index (Phi) is 8.73. The Morgan fingerprint density at radius 2 is 1.98 bits per heavy atom. The van der Waals surface area contributed by atoms with Crippen LogP contribution in [0.5, 0.6) is 5.75 Å². The lowest BCUT2D eigenvalue weighted by molar-refractivity contribution is -0.0546. The first kappa shape index (κ1) is 32.7. The number of ether oxygens (including phenoxy) is 1. The lowest BCUT2D eigenvalue weighted by Crippen LogP contribution is -2.52. The number of fused-ring (bicyclic) bond motifs is 4. The molecule has 1 amide bonds. The van der Waals surface area contributed by atoms with E-state index in [0.717, 1.165) is 42.8 Å². The number of aromatic nitrogens is 2. The highest BCUT2D eigenvalue weighted by Gasteiger charge is 2.50. The lowest BCUT2D eigenvalue weighted by Gasteiger charge is -2.49. The van der Waals surface area contributed by atoms with Crippen molar-refractivity contribution >= 4 is 45.8 Å². The lowest BCUT2D eigenvalue weighted by atomic mass is 9.63. The van der Waals surface area contributed by atoms with Crippen molar-refractivity contribution in [1.82, 2.24) is 14.3 Å². The van der Waals surface area contributed by atoms with Gasteiger partial charge in [0.2, 0.25) is 5.28 Å². The third-order valence-corrected chi connectivity index (χ3v) is 13.4. The fraction of sp³-hybridized carbons (Fsp3) is 0.500. The molecule has 7 atom stereocenters. The molecular formula is C36H42Cl2N4O4S. The van der Waals surface area contributed by atoms with Crippen LogP contribution in [-0.2, 0) is 35.5 Å². The van der Waals surface area contributed by atoms with E-state index in [1.54, 1.807) is 16.8 Å². The molecule has 1 saturated carbocycles. The molecule has 2 aliphatic carbocycles. The zero-order valence-corrected chi connectivity index (χ0v) is 29.4. The van der Waals surface area contributed by atoms with Crippen molar-refractivity contribution in [3.8, 4) is 5.75 Å². The molecule has 8 nitrogen and oxygen atoms in total. The number of amides is 1. The molecule has 3 aromatic rings. The van der Waals surface area contributed by atoms with Gasteiger partial charge in [-0.15, -0.1) is 0 Å². The van der Waals surface area contributed by atoms with E-state index in [1.165, 1.54) is 11.1 Å².